The summed E-state index contributed by atoms with van der Waals surface area (Å²) < 4.78 is 1.94. The average Bonchev–Trinajstić information content (AvgIpc) is 2.64. The zero-order valence-electron chi connectivity index (χ0n) is 10.2. The van der Waals surface area contributed by atoms with Crippen LogP contribution in [0.1, 0.15) is 19.7 Å². The van der Waals surface area contributed by atoms with Crippen LogP contribution in [0, 0.1) is 5.41 Å². The van der Waals surface area contributed by atoms with E-state index in [1.807, 2.05) is 31.7 Å². The van der Waals surface area contributed by atoms with Gasteiger partial charge < -0.3 is 15.6 Å². The van der Waals surface area contributed by atoms with Crippen LogP contribution in [-0.2, 0) is 18.3 Å². The number of carbonyl (C=O) groups is 1. The minimum atomic E-state index is -0.498. The molecule has 0 saturated heterocycles. The molecule has 90 valence electrons. The van der Waals surface area contributed by atoms with Crippen molar-refractivity contribution in [2.24, 2.45) is 18.2 Å². The van der Waals surface area contributed by atoms with Crippen LogP contribution < -0.4 is 11.1 Å². The van der Waals surface area contributed by atoms with Gasteiger partial charge in [-0.1, -0.05) is 0 Å². The van der Waals surface area contributed by atoms with Gasteiger partial charge in [0.05, 0.1) is 5.41 Å². The van der Waals surface area contributed by atoms with Gasteiger partial charge in [-0.25, -0.2) is 4.98 Å². The van der Waals surface area contributed by atoms with Gasteiger partial charge in [0.2, 0.25) is 5.91 Å². The summed E-state index contributed by atoms with van der Waals surface area (Å²) in [5.74, 6) is 0.954. The smallest absolute Gasteiger partial charge is 0.226 e. The monoisotopic (exact) mass is 224 g/mol. The fraction of sp³-hybridized carbons (Fsp3) is 0.636. The van der Waals surface area contributed by atoms with Gasteiger partial charge in [0.25, 0.3) is 0 Å². The second-order valence-electron chi connectivity index (χ2n) is 4.55. The van der Waals surface area contributed by atoms with Gasteiger partial charge >= 0.3 is 0 Å². The summed E-state index contributed by atoms with van der Waals surface area (Å²) in [5, 5.41) is 2.87. The molecule has 1 aromatic rings. The zero-order valence-corrected chi connectivity index (χ0v) is 10.2. The van der Waals surface area contributed by atoms with Crippen LogP contribution in [0.4, 0.5) is 0 Å². The molecule has 0 aliphatic carbocycles. The number of nitrogens with zero attached hydrogens (tertiary/aromatic N) is 2. The minimum Gasteiger partial charge on any atom is -0.355 e. The lowest BCUT2D eigenvalue weighted by atomic mass is 9.93. The lowest BCUT2D eigenvalue weighted by molar-refractivity contribution is -0.128. The predicted octanol–water partition coefficient (Wildman–Crippen LogP) is 0.0637. The predicted molar refractivity (Wildman–Crippen MR) is 62.8 cm³/mol. The normalized spacial score (nSPS) is 11.5. The first-order chi connectivity index (χ1) is 7.47. The van der Waals surface area contributed by atoms with Crippen LogP contribution in [0.15, 0.2) is 12.4 Å². The number of carbonyl (C=O) groups excluding carboxylic acids is 1. The van der Waals surface area contributed by atoms with E-state index in [9.17, 15) is 4.79 Å². The fourth-order valence-electron chi connectivity index (χ4n) is 1.26. The van der Waals surface area contributed by atoms with Crippen molar-refractivity contribution in [2.45, 2.75) is 20.3 Å². The number of hydrogen-bond donors (Lipinski definition) is 2. The SMILES string of the molecule is Cn1ccnc1CCNC(=O)C(C)(C)CN. The molecule has 16 heavy (non-hydrogen) atoms. The van der Waals surface area contributed by atoms with Gasteiger partial charge in [0.15, 0.2) is 0 Å². The second-order valence-corrected chi connectivity index (χ2v) is 4.55. The average molecular weight is 224 g/mol. The van der Waals surface area contributed by atoms with E-state index in [0.29, 0.717) is 13.1 Å². The number of hydrogen-bond acceptors (Lipinski definition) is 3. The lowest BCUT2D eigenvalue weighted by Crippen LogP contribution is -2.42. The highest BCUT2D eigenvalue weighted by atomic mass is 16.2. The number of nitrogens with two attached hydrogens (primary N) is 1. The highest BCUT2D eigenvalue weighted by Gasteiger charge is 2.25. The summed E-state index contributed by atoms with van der Waals surface area (Å²) in [7, 11) is 1.94. The summed E-state index contributed by atoms with van der Waals surface area (Å²) in [5.41, 5.74) is 5.02. The number of imidazole rings is 1. The van der Waals surface area contributed by atoms with Crippen molar-refractivity contribution >= 4 is 5.91 Å². The van der Waals surface area contributed by atoms with E-state index in [4.69, 9.17) is 5.73 Å². The third-order valence-electron chi connectivity index (χ3n) is 2.68. The van der Waals surface area contributed by atoms with Crippen LogP contribution in [0.25, 0.3) is 0 Å². The van der Waals surface area contributed by atoms with Crippen molar-refractivity contribution in [3.05, 3.63) is 18.2 Å². The van der Waals surface area contributed by atoms with Crippen molar-refractivity contribution in [2.75, 3.05) is 13.1 Å². The Balaban J connectivity index is 2.37. The molecule has 1 aromatic heterocycles. The third-order valence-corrected chi connectivity index (χ3v) is 2.68. The molecule has 0 aromatic carbocycles. The van der Waals surface area contributed by atoms with E-state index < -0.39 is 5.41 Å². The Morgan fingerprint density at radius 1 is 1.62 bits per heavy atom. The van der Waals surface area contributed by atoms with E-state index >= 15 is 0 Å². The Hall–Kier alpha value is -1.36. The highest BCUT2D eigenvalue weighted by Crippen LogP contribution is 2.11. The summed E-state index contributed by atoms with van der Waals surface area (Å²) in [4.78, 5) is 15.9. The highest BCUT2D eigenvalue weighted by molar-refractivity contribution is 5.81. The van der Waals surface area contributed by atoms with Crippen molar-refractivity contribution in [1.82, 2.24) is 14.9 Å². The van der Waals surface area contributed by atoms with Crippen LogP contribution >= 0.6 is 0 Å². The largest absolute Gasteiger partial charge is 0.355 e. The molecule has 1 amide bonds. The Bertz CT molecular complexity index is 357. The molecule has 0 unspecified atom stereocenters. The van der Waals surface area contributed by atoms with Gasteiger partial charge in [-0.15, -0.1) is 0 Å². The van der Waals surface area contributed by atoms with Crippen LogP contribution in [0.3, 0.4) is 0 Å². The molecule has 0 atom stereocenters. The Morgan fingerprint density at radius 3 is 2.81 bits per heavy atom. The number of rotatable bonds is 5. The van der Waals surface area contributed by atoms with E-state index in [1.165, 1.54) is 0 Å². The molecule has 1 heterocycles. The number of aromatic nitrogens is 2. The van der Waals surface area contributed by atoms with E-state index in [1.54, 1.807) is 6.20 Å². The Labute approximate surface area is 96.0 Å². The quantitative estimate of drug-likeness (QED) is 0.743. The molecule has 0 spiro atoms. The van der Waals surface area contributed by atoms with Gasteiger partial charge in [0.1, 0.15) is 5.82 Å². The van der Waals surface area contributed by atoms with Crippen molar-refractivity contribution in [3.63, 3.8) is 0 Å². The maximum Gasteiger partial charge on any atom is 0.226 e. The van der Waals surface area contributed by atoms with Crippen molar-refractivity contribution in [1.29, 1.82) is 0 Å². The molecule has 5 heteroatoms. The van der Waals surface area contributed by atoms with Gasteiger partial charge in [-0.05, 0) is 13.8 Å². The number of nitrogens with one attached hydrogen (secondary N) is 1. The molecule has 5 nitrogen and oxygen atoms in total. The Morgan fingerprint density at radius 2 is 2.31 bits per heavy atom. The van der Waals surface area contributed by atoms with E-state index in [-0.39, 0.29) is 5.91 Å². The van der Waals surface area contributed by atoms with Crippen LogP contribution in [0.2, 0.25) is 0 Å². The third kappa shape index (κ3) is 3.06. The van der Waals surface area contributed by atoms with Crippen molar-refractivity contribution in [3.8, 4) is 0 Å². The molecule has 0 bridgehead atoms. The van der Waals surface area contributed by atoms with Crippen LogP contribution in [0.5, 0.6) is 0 Å². The summed E-state index contributed by atoms with van der Waals surface area (Å²) >= 11 is 0. The minimum absolute atomic E-state index is 0.00999. The Kier molecular flexibility index (Phi) is 4.06. The summed E-state index contributed by atoms with van der Waals surface area (Å²) in [6.45, 7) is 4.61. The van der Waals surface area contributed by atoms with Crippen molar-refractivity contribution < 1.29 is 4.79 Å². The fourth-order valence-corrected chi connectivity index (χ4v) is 1.26. The standard InChI is InChI=1S/C11H20N4O/c1-11(2,8-12)10(16)14-5-4-9-13-6-7-15(9)3/h6-7H,4-5,8,12H2,1-3H3,(H,14,16). The first kappa shape index (κ1) is 12.7. The molecule has 0 fully saturated rings. The summed E-state index contributed by atoms with van der Waals surface area (Å²) in [6.07, 6.45) is 4.37. The van der Waals surface area contributed by atoms with Gasteiger partial charge in [-0.3, -0.25) is 4.79 Å². The first-order valence-electron chi connectivity index (χ1n) is 5.42. The molecule has 3 N–H and O–H groups in total. The number of amides is 1. The van der Waals surface area contributed by atoms with Crippen LogP contribution in [-0.4, -0.2) is 28.5 Å². The molecule has 0 radical (unpaired) electrons. The molecular weight excluding hydrogens is 204 g/mol. The maximum absolute atomic E-state index is 11.7. The topological polar surface area (TPSA) is 72.9 Å². The maximum atomic E-state index is 11.7. The molecule has 0 aliphatic rings. The van der Waals surface area contributed by atoms with E-state index in [2.05, 4.69) is 10.3 Å². The summed E-state index contributed by atoms with van der Waals surface area (Å²) in [6, 6.07) is 0. The lowest BCUT2D eigenvalue weighted by Gasteiger charge is -2.21. The molecule has 0 saturated carbocycles. The van der Waals surface area contributed by atoms with Gasteiger partial charge in [-0.2, -0.15) is 0 Å². The number of aryl methyl sites for hydroxylation is 1. The van der Waals surface area contributed by atoms with Gasteiger partial charge in [0, 0.05) is 39.0 Å². The molecule has 0 aliphatic heterocycles. The zero-order chi connectivity index (χ0) is 12.2. The molecular formula is C11H20N4O. The van der Waals surface area contributed by atoms with E-state index in [0.717, 1.165) is 12.2 Å². The molecule has 1 rings (SSSR count). The second kappa shape index (κ2) is 5.12. The first-order valence-corrected chi connectivity index (χ1v) is 5.42.